The van der Waals surface area contributed by atoms with Gasteiger partial charge >= 0.3 is 0 Å². The molecule has 1 atom stereocenters. The Morgan fingerprint density at radius 3 is 2.36 bits per heavy atom. The topological polar surface area (TPSA) is 0 Å². The summed E-state index contributed by atoms with van der Waals surface area (Å²) in [6.45, 7) is 4.14. The van der Waals surface area contributed by atoms with Crippen molar-refractivity contribution < 1.29 is 0 Å². The van der Waals surface area contributed by atoms with Gasteiger partial charge in [-0.15, -0.1) is 0 Å². The van der Waals surface area contributed by atoms with Gasteiger partial charge in [0.1, 0.15) is 0 Å². The molecular formula is C11H16. The van der Waals surface area contributed by atoms with E-state index in [0.29, 0.717) is 5.41 Å². The average Bonchev–Trinajstić information content (AvgIpc) is 2.81. The first-order chi connectivity index (χ1) is 5.25. The first-order valence-corrected chi connectivity index (χ1v) is 4.93. The Morgan fingerprint density at radius 1 is 1.09 bits per heavy atom. The lowest BCUT2D eigenvalue weighted by Crippen LogP contribution is -2.17. The van der Waals surface area contributed by atoms with Crippen molar-refractivity contribution in [3.8, 4) is 0 Å². The molecule has 0 aromatic heterocycles. The zero-order valence-corrected chi connectivity index (χ0v) is 7.16. The molecule has 0 N–H and O–H groups in total. The molecule has 2 spiro atoms. The van der Waals surface area contributed by atoms with Gasteiger partial charge in [0.25, 0.3) is 0 Å². The van der Waals surface area contributed by atoms with Crippen molar-refractivity contribution >= 4 is 0 Å². The van der Waals surface area contributed by atoms with Crippen molar-refractivity contribution in [3.05, 3.63) is 12.2 Å². The Balaban J connectivity index is 1.83. The minimum absolute atomic E-state index is 0.689. The largest absolute Gasteiger partial charge is 0.0993 e. The predicted octanol–water partition coefficient (Wildman–Crippen LogP) is 3.29. The first kappa shape index (κ1) is 6.28. The molecule has 0 heterocycles. The highest BCUT2D eigenvalue weighted by molar-refractivity contribution is 5.32. The van der Waals surface area contributed by atoms with Gasteiger partial charge in [-0.05, 0) is 49.4 Å². The van der Waals surface area contributed by atoms with Gasteiger partial charge in [-0.2, -0.15) is 0 Å². The number of rotatable bonds is 0. The first-order valence-electron chi connectivity index (χ1n) is 4.93. The molecule has 0 saturated heterocycles. The molecule has 0 amide bonds. The molecule has 3 rings (SSSR count). The Hall–Kier alpha value is -0.260. The van der Waals surface area contributed by atoms with Gasteiger partial charge in [0.05, 0.1) is 0 Å². The van der Waals surface area contributed by atoms with Crippen molar-refractivity contribution in [3.63, 3.8) is 0 Å². The average molecular weight is 148 g/mol. The maximum atomic E-state index is 4.14. The fourth-order valence-corrected chi connectivity index (χ4v) is 3.12. The number of allylic oxidation sites excluding steroid dienone is 1. The lowest BCUT2D eigenvalue weighted by molar-refractivity contribution is 0.241. The predicted molar refractivity (Wildman–Crippen MR) is 46.3 cm³/mol. The molecule has 0 radical (unpaired) electrons. The number of hydrogen-bond donors (Lipinski definition) is 0. The molecule has 0 aromatic carbocycles. The molecule has 0 aromatic rings. The van der Waals surface area contributed by atoms with E-state index < -0.39 is 0 Å². The highest BCUT2D eigenvalue weighted by atomic mass is 14.6. The standard InChI is InChI=1S/C11H16/c1-9-7-11(9)4-2-3-10(8-11)5-6-10/h1-8H2. The fraction of sp³-hybridized carbons (Fsp3) is 0.818. The summed E-state index contributed by atoms with van der Waals surface area (Å²) in [5.41, 5.74) is 3.11. The van der Waals surface area contributed by atoms with E-state index in [1.807, 2.05) is 0 Å². The summed E-state index contributed by atoms with van der Waals surface area (Å²) in [6, 6.07) is 0. The van der Waals surface area contributed by atoms with Crippen molar-refractivity contribution in [2.24, 2.45) is 10.8 Å². The van der Waals surface area contributed by atoms with Gasteiger partial charge < -0.3 is 0 Å². The van der Waals surface area contributed by atoms with Gasteiger partial charge in [-0.1, -0.05) is 18.6 Å². The van der Waals surface area contributed by atoms with Crippen LogP contribution in [-0.4, -0.2) is 0 Å². The van der Waals surface area contributed by atoms with Crippen LogP contribution in [0.5, 0.6) is 0 Å². The highest BCUT2D eigenvalue weighted by Crippen LogP contribution is 2.70. The summed E-state index contributed by atoms with van der Waals surface area (Å²) in [7, 11) is 0. The second-order valence-corrected chi connectivity index (χ2v) is 5.09. The van der Waals surface area contributed by atoms with E-state index in [4.69, 9.17) is 0 Å². The molecular weight excluding hydrogens is 132 g/mol. The zero-order valence-electron chi connectivity index (χ0n) is 7.16. The second kappa shape index (κ2) is 1.57. The van der Waals surface area contributed by atoms with Gasteiger partial charge in [0.15, 0.2) is 0 Å². The molecule has 1 unspecified atom stereocenters. The Kier molecular flexibility index (Phi) is 0.898. The van der Waals surface area contributed by atoms with Gasteiger partial charge in [0, 0.05) is 0 Å². The maximum Gasteiger partial charge on any atom is -0.00480 e. The molecule has 0 nitrogen and oxygen atoms in total. The third kappa shape index (κ3) is 0.758. The van der Waals surface area contributed by atoms with Gasteiger partial charge in [0.2, 0.25) is 0 Å². The van der Waals surface area contributed by atoms with Crippen LogP contribution in [0.3, 0.4) is 0 Å². The van der Waals surface area contributed by atoms with E-state index >= 15 is 0 Å². The van der Waals surface area contributed by atoms with Crippen LogP contribution in [-0.2, 0) is 0 Å². The van der Waals surface area contributed by atoms with Gasteiger partial charge in [-0.3, -0.25) is 0 Å². The monoisotopic (exact) mass is 148 g/mol. The molecule has 0 heteroatoms. The van der Waals surface area contributed by atoms with Crippen LogP contribution >= 0.6 is 0 Å². The van der Waals surface area contributed by atoms with Crippen molar-refractivity contribution in [2.75, 3.05) is 0 Å². The van der Waals surface area contributed by atoms with E-state index in [1.54, 1.807) is 5.57 Å². The van der Waals surface area contributed by atoms with Crippen LogP contribution in [0.1, 0.15) is 44.9 Å². The molecule has 0 aliphatic heterocycles. The minimum atomic E-state index is 0.689. The number of hydrogen-bond acceptors (Lipinski definition) is 0. The van der Waals surface area contributed by atoms with E-state index in [2.05, 4.69) is 6.58 Å². The summed E-state index contributed by atoms with van der Waals surface area (Å²) in [5.74, 6) is 0. The molecule has 11 heavy (non-hydrogen) atoms. The SMILES string of the molecule is C=C1CC12CCCC1(CC1)C2. The molecule has 3 saturated carbocycles. The molecule has 3 aliphatic rings. The smallest absolute Gasteiger partial charge is 0.00480 e. The van der Waals surface area contributed by atoms with Crippen molar-refractivity contribution in [2.45, 2.75) is 44.9 Å². The highest BCUT2D eigenvalue weighted by Gasteiger charge is 2.58. The Labute approximate surface area is 68.7 Å². The van der Waals surface area contributed by atoms with Crippen molar-refractivity contribution in [1.29, 1.82) is 0 Å². The van der Waals surface area contributed by atoms with Crippen LogP contribution in [0.25, 0.3) is 0 Å². The summed E-state index contributed by atoms with van der Waals surface area (Å²) in [6.07, 6.45) is 10.4. The zero-order chi connectivity index (χ0) is 7.53. The molecule has 3 fully saturated rings. The summed E-state index contributed by atoms with van der Waals surface area (Å²) in [4.78, 5) is 0. The lowest BCUT2D eigenvalue weighted by Gasteiger charge is -2.28. The quantitative estimate of drug-likeness (QED) is 0.462. The normalized spacial score (nSPS) is 44.9. The van der Waals surface area contributed by atoms with E-state index in [1.165, 1.54) is 44.9 Å². The third-order valence-corrected chi connectivity index (χ3v) is 4.21. The van der Waals surface area contributed by atoms with Crippen LogP contribution in [0, 0.1) is 10.8 Å². The van der Waals surface area contributed by atoms with Gasteiger partial charge in [-0.25, -0.2) is 0 Å². The Bertz CT molecular complexity index is 222. The minimum Gasteiger partial charge on any atom is -0.0993 e. The summed E-state index contributed by atoms with van der Waals surface area (Å²) in [5, 5.41) is 0. The van der Waals surface area contributed by atoms with Crippen LogP contribution in [0.15, 0.2) is 12.2 Å². The molecule has 3 aliphatic carbocycles. The fourth-order valence-electron chi connectivity index (χ4n) is 3.12. The molecule has 60 valence electrons. The summed E-state index contributed by atoms with van der Waals surface area (Å²) >= 11 is 0. The molecule has 0 bridgehead atoms. The van der Waals surface area contributed by atoms with Crippen molar-refractivity contribution in [1.82, 2.24) is 0 Å². The third-order valence-electron chi connectivity index (χ3n) is 4.21. The lowest BCUT2D eigenvalue weighted by atomic mass is 9.76. The van der Waals surface area contributed by atoms with Crippen LogP contribution in [0.4, 0.5) is 0 Å². The van der Waals surface area contributed by atoms with Crippen LogP contribution in [0.2, 0.25) is 0 Å². The summed E-state index contributed by atoms with van der Waals surface area (Å²) < 4.78 is 0. The van der Waals surface area contributed by atoms with E-state index in [-0.39, 0.29) is 0 Å². The van der Waals surface area contributed by atoms with E-state index in [0.717, 1.165) is 5.41 Å². The maximum absolute atomic E-state index is 4.14. The Morgan fingerprint density at radius 2 is 1.82 bits per heavy atom. The van der Waals surface area contributed by atoms with E-state index in [9.17, 15) is 0 Å². The second-order valence-electron chi connectivity index (χ2n) is 5.09. The van der Waals surface area contributed by atoms with Crippen LogP contribution < -0.4 is 0 Å².